The number of esters is 1. The average Bonchev–Trinajstić information content (AvgIpc) is 2.32. The van der Waals surface area contributed by atoms with Gasteiger partial charge in [0, 0.05) is 25.4 Å². The van der Waals surface area contributed by atoms with Crippen molar-refractivity contribution >= 4 is 5.97 Å². The number of ether oxygens (including phenoxy) is 1. The molecule has 0 saturated heterocycles. The molecule has 0 radical (unpaired) electrons. The van der Waals surface area contributed by atoms with Gasteiger partial charge in [-0.1, -0.05) is 6.92 Å². The van der Waals surface area contributed by atoms with E-state index in [1.54, 1.807) is 0 Å². The molecule has 1 aromatic heterocycles. The van der Waals surface area contributed by atoms with Crippen LogP contribution in [0.15, 0.2) is 21.9 Å². The summed E-state index contributed by atoms with van der Waals surface area (Å²) in [7, 11) is 1.27. The Morgan fingerprint density at radius 1 is 1.35 bits per heavy atom. The lowest BCUT2D eigenvalue weighted by molar-refractivity contribution is -0.140. The maximum atomic E-state index is 11.9. The number of rotatable bonds is 5. The van der Waals surface area contributed by atoms with Gasteiger partial charge in [0.05, 0.1) is 13.5 Å². The predicted molar refractivity (Wildman–Crippen MR) is 61.9 cm³/mol. The van der Waals surface area contributed by atoms with E-state index in [2.05, 4.69) is 4.74 Å². The normalized spacial score (nSPS) is 10.2. The fourth-order valence-electron chi connectivity index (χ4n) is 1.48. The van der Waals surface area contributed by atoms with E-state index in [-0.39, 0.29) is 18.7 Å². The van der Waals surface area contributed by atoms with Crippen molar-refractivity contribution in [3.05, 3.63) is 33.1 Å². The molecule has 0 saturated carbocycles. The van der Waals surface area contributed by atoms with E-state index in [1.807, 2.05) is 6.92 Å². The van der Waals surface area contributed by atoms with Crippen LogP contribution in [0.4, 0.5) is 0 Å². The zero-order valence-corrected chi connectivity index (χ0v) is 10.0. The summed E-state index contributed by atoms with van der Waals surface area (Å²) in [5.74, 6) is -0.442. The minimum absolute atomic E-state index is 0.0157. The highest BCUT2D eigenvalue weighted by Crippen LogP contribution is 1.88. The molecule has 0 spiro atoms. The standard InChI is InChI=1S/C11H16N2O4/c1-3-6-12-7-4-9(14)13(11(12)16)8-5-10(15)17-2/h4,7H,3,5-6,8H2,1-2H3. The molecule has 0 atom stereocenters. The second-order valence-electron chi connectivity index (χ2n) is 3.61. The minimum Gasteiger partial charge on any atom is -0.469 e. The molecular weight excluding hydrogens is 224 g/mol. The van der Waals surface area contributed by atoms with Crippen molar-refractivity contribution in [3.63, 3.8) is 0 Å². The highest BCUT2D eigenvalue weighted by molar-refractivity contribution is 5.68. The maximum Gasteiger partial charge on any atom is 0.330 e. The monoisotopic (exact) mass is 240 g/mol. The molecule has 0 aliphatic heterocycles. The lowest BCUT2D eigenvalue weighted by Gasteiger charge is -2.08. The highest BCUT2D eigenvalue weighted by Gasteiger charge is 2.07. The van der Waals surface area contributed by atoms with Crippen molar-refractivity contribution in [1.82, 2.24) is 9.13 Å². The van der Waals surface area contributed by atoms with Crippen molar-refractivity contribution in [2.24, 2.45) is 0 Å². The molecule has 1 rings (SSSR count). The lowest BCUT2D eigenvalue weighted by atomic mass is 10.4. The molecule has 17 heavy (non-hydrogen) atoms. The van der Waals surface area contributed by atoms with Gasteiger partial charge < -0.3 is 9.30 Å². The Bertz CT molecular complexity index is 501. The molecule has 0 aromatic carbocycles. The number of aryl methyl sites for hydroxylation is 1. The van der Waals surface area contributed by atoms with Gasteiger partial charge in [0.25, 0.3) is 5.56 Å². The number of hydrogen-bond acceptors (Lipinski definition) is 4. The quantitative estimate of drug-likeness (QED) is 0.678. The van der Waals surface area contributed by atoms with Crippen molar-refractivity contribution < 1.29 is 9.53 Å². The SMILES string of the molecule is CCCn1ccc(=O)n(CCC(=O)OC)c1=O. The van der Waals surface area contributed by atoms with Gasteiger partial charge in [-0.05, 0) is 6.42 Å². The fraction of sp³-hybridized carbons (Fsp3) is 0.545. The van der Waals surface area contributed by atoms with E-state index in [0.29, 0.717) is 6.54 Å². The van der Waals surface area contributed by atoms with Crippen LogP contribution < -0.4 is 11.2 Å². The van der Waals surface area contributed by atoms with Gasteiger partial charge in [0.2, 0.25) is 0 Å². The summed E-state index contributed by atoms with van der Waals surface area (Å²) in [5.41, 5.74) is -0.783. The first-order chi connectivity index (χ1) is 8.10. The van der Waals surface area contributed by atoms with E-state index in [0.717, 1.165) is 11.0 Å². The summed E-state index contributed by atoms with van der Waals surface area (Å²) in [5, 5.41) is 0. The second-order valence-corrected chi connectivity index (χ2v) is 3.61. The molecule has 6 nitrogen and oxygen atoms in total. The number of carbonyl (C=O) groups excluding carboxylic acids is 1. The van der Waals surface area contributed by atoms with Crippen LogP contribution in [-0.2, 0) is 22.6 Å². The van der Waals surface area contributed by atoms with E-state index in [4.69, 9.17) is 0 Å². The molecule has 1 heterocycles. The van der Waals surface area contributed by atoms with Crippen molar-refractivity contribution in [3.8, 4) is 0 Å². The maximum absolute atomic E-state index is 11.9. The highest BCUT2D eigenvalue weighted by atomic mass is 16.5. The molecule has 0 N–H and O–H groups in total. The van der Waals surface area contributed by atoms with Crippen LogP contribution in [0.1, 0.15) is 19.8 Å². The van der Waals surface area contributed by atoms with Crippen molar-refractivity contribution in [2.75, 3.05) is 7.11 Å². The molecule has 0 aliphatic rings. The first kappa shape index (κ1) is 13.2. The number of methoxy groups -OCH3 is 1. The Morgan fingerprint density at radius 3 is 2.65 bits per heavy atom. The summed E-state index contributed by atoms with van der Waals surface area (Å²) in [6.07, 6.45) is 2.29. The first-order valence-corrected chi connectivity index (χ1v) is 5.47. The first-order valence-electron chi connectivity index (χ1n) is 5.47. The Labute approximate surface area is 98.4 Å². The predicted octanol–water partition coefficient (Wildman–Crippen LogP) is -0.0169. The summed E-state index contributed by atoms with van der Waals surface area (Å²) < 4.78 is 6.97. The van der Waals surface area contributed by atoms with Crippen LogP contribution in [0.5, 0.6) is 0 Å². The average molecular weight is 240 g/mol. The molecule has 0 amide bonds. The largest absolute Gasteiger partial charge is 0.469 e. The van der Waals surface area contributed by atoms with E-state index < -0.39 is 11.5 Å². The number of aromatic nitrogens is 2. The minimum atomic E-state index is -0.442. The van der Waals surface area contributed by atoms with Crippen molar-refractivity contribution in [1.29, 1.82) is 0 Å². The van der Waals surface area contributed by atoms with E-state index in [9.17, 15) is 14.4 Å². The Kier molecular flexibility index (Phi) is 4.68. The zero-order chi connectivity index (χ0) is 12.8. The number of hydrogen-bond donors (Lipinski definition) is 0. The van der Waals surface area contributed by atoms with Crippen LogP contribution in [-0.4, -0.2) is 22.2 Å². The van der Waals surface area contributed by atoms with Gasteiger partial charge in [-0.15, -0.1) is 0 Å². The molecular formula is C11H16N2O4. The third kappa shape index (κ3) is 3.30. The van der Waals surface area contributed by atoms with Crippen molar-refractivity contribution in [2.45, 2.75) is 32.9 Å². The number of nitrogens with zero attached hydrogens (tertiary/aromatic N) is 2. The van der Waals surface area contributed by atoms with E-state index in [1.165, 1.54) is 23.9 Å². The van der Waals surface area contributed by atoms with Gasteiger partial charge in [0.1, 0.15) is 0 Å². The van der Waals surface area contributed by atoms with E-state index >= 15 is 0 Å². The van der Waals surface area contributed by atoms with Crippen LogP contribution >= 0.6 is 0 Å². The Balaban J connectivity index is 2.98. The molecule has 6 heteroatoms. The molecule has 94 valence electrons. The third-order valence-electron chi connectivity index (χ3n) is 2.37. The summed E-state index contributed by atoms with van der Waals surface area (Å²) in [4.78, 5) is 34.3. The van der Waals surface area contributed by atoms with Crippen LogP contribution in [0.25, 0.3) is 0 Å². The van der Waals surface area contributed by atoms with Crippen LogP contribution in [0, 0.1) is 0 Å². The van der Waals surface area contributed by atoms with Gasteiger partial charge >= 0.3 is 11.7 Å². The lowest BCUT2D eigenvalue weighted by Crippen LogP contribution is -2.39. The van der Waals surface area contributed by atoms with Gasteiger partial charge in [-0.3, -0.25) is 14.2 Å². The summed E-state index contributed by atoms with van der Waals surface area (Å²) >= 11 is 0. The second kappa shape index (κ2) is 6.03. The molecule has 1 aromatic rings. The molecule has 0 bridgehead atoms. The molecule has 0 unspecified atom stereocenters. The van der Waals surface area contributed by atoms with Crippen LogP contribution in [0.2, 0.25) is 0 Å². The van der Waals surface area contributed by atoms with Gasteiger partial charge in [-0.25, -0.2) is 4.79 Å². The van der Waals surface area contributed by atoms with Crippen LogP contribution in [0.3, 0.4) is 0 Å². The Morgan fingerprint density at radius 2 is 2.06 bits per heavy atom. The zero-order valence-electron chi connectivity index (χ0n) is 10.0. The third-order valence-corrected chi connectivity index (χ3v) is 2.37. The molecule has 0 aliphatic carbocycles. The topological polar surface area (TPSA) is 70.3 Å². The summed E-state index contributed by atoms with van der Waals surface area (Å²) in [6.45, 7) is 2.54. The fourth-order valence-corrected chi connectivity index (χ4v) is 1.48. The number of carbonyl (C=O) groups is 1. The van der Waals surface area contributed by atoms with Gasteiger partial charge in [-0.2, -0.15) is 0 Å². The Hall–Kier alpha value is -1.85. The van der Waals surface area contributed by atoms with Gasteiger partial charge in [0.15, 0.2) is 0 Å². The molecule has 0 fully saturated rings. The summed E-state index contributed by atoms with van der Waals surface area (Å²) in [6, 6.07) is 1.33. The smallest absolute Gasteiger partial charge is 0.330 e.